The fourth-order valence-corrected chi connectivity index (χ4v) is 4.76. The summed E-state index contributed by atoms with van der Waals surface area (Å²) in [5.41, 5.74) is 4.53. The van der Waals surface area contributed by atoms with Crippen LogP contribution in [0.2, 0.25) is 0 Å². The van der Waals surface area contributed by atoms with Gasteiger partial charge in [-0.05, 0) is 58.2 Å². The van der Waals surface area contributed by atoms with Crippen molar-refractivity contribution in [1.29, 1.82) is 0 Å². The van der Waals surface area contributed by atoms with E-state index in [0.717, 1.165) is 0 Å². The largest absolute Gasteiger partial charge is 0.462 e. The standard InChI is InChI=1S/C23H33N4O6P/c1-5-23(13-11-20(32-23)27-14-12-19(24)25-22(27)29)15-30-34(33-18-9-7-6-8-10-18)26-17(4)21(28)31-16(2)3/h6-10,12,14,16-17,20,26H,5,11,13,15H2,1-4H3,(H2,24,25,29)/t17?,20?,23-,34?/m0/s1. The second kappa shape index (κ2) is 11.8. The first-order chi connectivity index (χ1) is 16.2. The van der Waals surface area contributed by atoms with Gasteiger partial charge in [0.1, 0.15) is 23.8 Å². The molecule has 2 aromatic rings. The Morgan fingerprint density at radius 2 is 2.06 bits per heavy atom. The smallest absolute Gasteiger partial charge is 0.351 e. The molecule has 0 saturated carbocycles. The first kappa shape index (κ1) is 26.1. The molecule has 1 aliphatic rings. The zero-order valence-corrected chi connectivity index (χ0v) is 20.9. The van der Waals surface area contributed by atoms with Crippen LogP contribution in [-0.2, 0) is 18.8 Å². The third kappa shape index (κ3) is 6.99. The van der Waals surface area contributed by atoms with Gasteiger partial charge in [0.2, 0.25) is 0 Å². The summed E-state index contributed by atoms with van der Waals surface area (Å²) in [6.07, 6.45) is 2.89. The highest BCUT2D eigenvalue weighted by atomic mass is 31.2. The molecule has 0 spiro atoms. The number of nitrogen functional groups attached to an aromatic ring is 1. The zero-order valence-electron chi connectivity index (χ0n) is 20.0. The molecule has 0 amide bonds. The van der Waals surface area contributed by atoms with Crippen LogP contribution >= 0.6 is 8.53 Å². The lowest BCUT2D eigenvalue weighted by Gasteiger charge is -2.30. The maximum Gasteiger partial charge on any atom is 0.351 e. The van der Waals surface area contributed by atoms with E-state index in [0.29, 0.717) is 25.0 Å². The van der Waals surface area contributed by atoms with Gasteiger partial charge in [-0.1, -0.05) is 25.1 Å². The van der Waals surface area contributed by atoms with Crippen LogP contribution in [0.1, 0.15) is 53.2 Å². The van der Waals surface area contributed by atoms with Gasteiger partial charge in [0, 0.05) is 6.20 Å². The van der Waals surface area contributed by atoms with Gasteiger partial charge in [0.25, 0.3) is 0 Å². The Kier molecular flexibility index (Phi) is 9.02. The summed E-state index contributed by atoms with van der Waals surface area (Å²) in [5, 5.41) is 3.11. The molecular weight excluding hydrogens is 459 g/mol. The van der Waals surface area contributed by atoms with E-state index in [1.807, 2.05) is 37.3 Å². The van der Waals surface area contributed by atoms with Gasteiger partial charge in [0.05, 0.1) is 18.3 Å². The van der Waals surface area contributed by atoms with Crippen LogP contribution in [0.3, 0.4) is 0 Å². The minimum Gasteiger partial charge on any atom is -0.462 e. The predicted octanol–water partition coefficient (Wildman–Crippen LogP) is 3.54. The first-order valence-corrected chi connectivity index (χ1v) is 12.5. The van der Waals surface area contributed by atoms with Crippen molar-refractivity contribution in [2.45, 2.75) is 70.9 Å². The Balaban J connectivity index is 1.69. The monoisotopic (exact) mass is 492 g/mol. The second-order valence-corrected chi connectivity index (χ2v) is 9.67. The number of benzene rings is 1. The summed E-state index contributed by atoms with van der Waals surface area (Å²) in [4.78, 5) is 28.4. The van der Waals surface area contributed by atoms with Gasteiger partial charge < -0.3 is 24.3 Å². The molecule has 186 valence electrons. The summed E-state index contributed by atoms with van der Waals surface area (Å²) in [7, 11) is -1.69. The molecule has 1 aromatic heterocycles. The van der Waals surface area contributed by atoms with E-state index in [2.05, 4.69) is 10.1 Å². The number of rotatable bonds is 11. The number of ether oxygens (including phenoxy) is 2. The summed E-state index contributed by atoms with van der Waals surface area (Å²) in [5.74, 6) is 0.394. The zero-order chi connectivity index (χ0) is 24.7. The summed E-state index contributed by atoms with van der Waals surface area (Å²) < 4.78 is 25.2. The Morgan fingerprint density at radius 1 is 1.32 bits per heavy atom. The summed E-state index contributed by atoms with van der Waals surface area (Å²) in [6, 6.07) is 10.2. The minimum absolute atomic E-state index is 0.171. The van der Waals surface area contributed by atoms with E-state index in [1.165, 1.54) is 4.57 Å². The Labute approximate surface area is 200 Å². The van der Waals surface area contributed by atoms with Gasteiger partial charge in [-0.2, -0.15) is 4.98 Å². The SMILES string of the molecule is CC[C@@]1(COP(NC(C)C(=O)OC(C)C)Oc2ccccc2)CCC(n2ccc(N)nc2=O)O1. The number of nitrogens with two attached hydrogens (primary N) is 1. The molecule has 2 heterocycles. The summed E-state index contributed by atoms with van der Waals surface area (Å²) in [6.45, 7) is 7.52. The van der Waals surface area contributed by atoms with E-state index in [4.69, 9.17) is 24.3 Å². The molecular formula is C23H33N4O6P. The summed E-state index contributed by atoms with van der Waals surface area (Å²) >= 11 is 0. The van der Waals surface area contributed by atoms with E-state index in [-0.39, 0.29) is 24.5 Å². The van der Waals surface area contributed by atoms with Gasteiger partial charge >= 0.3 is 20.2 Å². The predicted molar refractivity (Wildman–Crippen MR) is 129 cm³/mol. The molecule has 34 heavy (non-hydrogen) atoms. The average molecular weight is 493 g/mol. The van der Waals surface area contributed by atoms with Crippen molar-refractivity contribution in [2.75, 3.05) is 12.3 Å². The van der Waals surface area contributed by atoms with Crippen molar-refractivity contribution in [1.82, 2.24) is 14.6 Å². The van der Waals surface area contributed by atoms with Crippen LogP contribution in [0.25, 0.3) is 0 Å². The molecule has 1 saturated heterocycles. The number of nitrogens with one attached hydrogen (secondary N) is 1. The van der Waals surface area contributed by atoms with Crippen LogP contribution in [-0.4, -0.2) is 39.9 Å². The third-order valence-electron chi connectivity index (χ3n) is 5.42. The quantitative estimate of drug-likeness (QED) is 0.358. The number of carbonyl (C=O) groups is 1. The second-order valence-electron chi connectivity index (χ2n) is 8.46. The number of nitrogens with zero attached hydrogens (tertiary/aromatic N) is 2. The molecule has 1 aliphatic heterocycles. The van der Waals surface area contributed by atoms with Crippen LogP contribution in [0.4, 0.5) is 5.82 Å². The van der Waals surface area contributed by atoms with Gasteiger partial charge in [-0.25, -0.2) is 9.88 Å². The number of esters is 1. The molecule has 10 nitrogen and oxygen atoms in total. The van der Waals surface area contributed by atoms with Crippen LogP contribution < -0.4 is 21.0 Å². The lowest BCUT2D eigenvalue weighted by atomic mass is 9.98. The Morgan fingerprint density at radius 3 is 2.71 bits per heavy atom. The number of para-hydroxylation sites is 1. The fourth-order valence-electron chi connectivity index (χ4n) is 3.49. The van der Waals surface area contributed by atoms with E-state index >= 15 is 0 Å². The highest BCUT2D eigenvalue weighted by Crippen LogP contribution is 2.43. The van der Waals surface area contributed by atoms with E-state index in [9.17, 15) is 9.59 Å². The highest BCUT2D eigenvalue weighted by Gasteiger charge is 2.41. The fraction of sp³-hybridized carbons (Fsp3) is 0.522. The third-order valence-corrected chi connectivity index (χ3v) is 6.76. The number of carbonyl (C=O) groups excluding carboxylic acids is 1. The Bertz CT molecular complexity index is 1000. The van der Waals surface area contributed by atoms with Crippen molar-refractivity contribution >= 4 is 20.3 Å². The Hall–Kier alpha value is -2.52. The van der Waals surface area contributed by atoms with E-state index < -0.39 is 32.1 Å². The molecule has 0 bridgehead atoms. The number of hydrogen-bond donors (Lipinski definition) is 2. The molecule has 11 heteroatoms. The van der Waals surface area contributed by atoms with Crippen molar-refractivity contribution in [3.05, 3.63) is 53.1 Å². The molecule has 0 aliphatic carbocycles. The highest BCUT2D eigenvalue weighted by molar-refractivity contribution is 7.45. The molecule has 0 radical (unpaired) electrons. The van der Waals surface area contributed by atoms with Crippen LogP contribution in [0.15, 0.2) is 47.4 Å². The van der Waals surface area contributed by atoms with Crippen molar-refractivity contribution in [2.24, 2.45) is 0 Å². The normalized spacial score (nSPS) is 21.9. The maximum atomic E-state index is 12.3. The number of aromatic nitrogens is 2. The van der Waals surface area contributed by atoms with Crippen LogP contribution in [0, 0.1) is 0 Å². The molecule has 4 atom stereocenters. The number of anilines is 1. The first-order valence-electron chi connectivity index (χ1n) is 11.4. The maximum absolute atomic E-state index is 12.3. The molecule has 3 rings (SSSR count). The number of hydrogen-bond acceptors (Lipinski definition) is 9. The van der Waals surface area contributed by atoms with Gasteiger partial charge in [-0.3, -0.25) is 9.36 Å². The van der Waals surface area contributed by atoms with Crippen molar-refractivity contribution in [3.8, 4) is 5.75 Å². The van der Waals surface area contributed by atoms with Crippen LogP contribution in [0.5, 0.6) is 5.75 Å². The van der Waals surface area contributed by atoms with Crippen molar-refractivity contribution in [3.63, 3.8) is 0 Å². The molecule has 1 aromatic carbocycles. The topological polar surface area (TPSA) is 127 Å². The minimum atomic E-state index is -1.69. The molecule has 1 fully saturated rings. The van der Waals surface area contributed by atoms with E-state index in [1.54, 1.807) is 33.0 Å². The molecule has 3 unspecified atom stereocenters. The van der Waals surface area contributed by atoms with Gasteiger partial charge in [-0.15, -0.1) is 0 Å². The lowest BCUT2D eigenvalue weighted by molar-refractivity contribution is -0.149. The lowest BCUT2D eigenvalue weighted by Crippen LogP contribution is -2.38. The average Bonchev–Trinajstić information content (AvgIpc) is 3.22. The van der Waals surface area contributed by atoms with Gasteiger partial charge in [0.15, 0.2) is 0 Å². The van der Waals surface area contributed by atoms with Crippen molar-refractivity contribution < 1.29 is 23.3 Å². The molecule has 3 N–H and O–H groups in total.